The largest absolute Gasteiger partial charge is 0.389 e. The van der Waals surface area contributed by atoms with Gasteiger partial charge < -0.3 is 10.4 Å². The Kier molecular flexibility index (Phi) is 3.41. The van der Waals surface area contributed by atoms with Crippen LogP contribution in [0.5, 0.6) is 0 Å². The van der Waals surface area contributed by atoms with Crippen molar-refractivity contribution in [2.45, 2.75) is 32.0 Å². The van der Waals surface area contributed by atoms with Crippen LogP contribution in [0.2, 0.25) is 0 Å². The molecular formula is C14H16N2OS. The average Bonchev–Trinajstić information content (AvgIpc) is 3.16. The maximum atomic E-state index is 9.24. The third kappa shape index (κ3) is 2.61. The molecule has 1 aromatic carbocycles. The normalized spacial score (nSPS) is 14.9. The van der Waals surface area contributed by atoms with Crippen molar-refractivity contribution in [1.29, 1.82) is 0 Å². The van der Waals surface area contributed by atoms with E-state index in [0.29, 0.717) is 6.04 Å². The highest BCUT2D eigenvalue weighted by molar-refractivity contribution is 7.15. The van der Waals surface area contributed by atoms with E-state index in [1.54, 1.807) is 11.3 Å². The standard InChI is InChI=1S/C14H16N2OS/c17-9-13-16-12(8-15-11-6-7-11)14(18-13)10-4-2-1-3-5-10/h1-5,11,15,17H,6-9H2. The number of nitrogens with zero attached hydrogens (tertiary/aromatic N) is 1. The Morgan fingerprint density at radius 1 is 1.28 bits per heavy atom. The van der Waals surface area contributed by atoms with E-state index in [9.17, 15) is 5.11 Å². The van der Waals surface area contributed by atoms with Gasteiger partial charge in [0.15, 0.2) is 0 Å². The molecule has 0 saturated heterocycles. The quantitative estimate of drug-likeness (QED) is 0.868. The molecule has 0 bridgehead atoms. The van der Waals surface area contributed by atoms with Crippen LogP contribution in [0.3, 0.4) is 0 Å². The molecule has 0 unspecified atom stereocenters. The molecule has 1 fully saturated rings. The molecule has 0 amide bonds. The Labute approximate surface area is 111 Å². The number of aliphatic hydroxyl groups excluding tert-OH is 1. The summed E-state index contributed by atoms with van der Waals surface area (Å²) in [4.78, 5) is 5.68. The lowest BCUT2D eigenvalue weighted by Crippen LogP contribution is -2.16. The lowest BCUT2D eigenvalue weighted by Gasteiger charge is -2.03. The van der Waals surface area contributed by atoms with Crippen LogP contribution in [0.4, 0.5) is 0 Å². The van der Waals surface area contributed by atoms with E-state index in [0.717, 1.165) is 17.2 Å². The molecule has 2 aromatic rings. The van der Waals surface area contributed by atoms with Crippen LogP contribution in [0, 0.1) is 0 Å². The Balaban J connectivity index is 1.88. The molecule has 4 heteroatoms. The molecule has 0 radical (unpaired) electrons. The van der Waals surface area contributed by atoms with E-state index in [2.05, 4.69) is 22.4 Å². The van der Waals surface area contributed by atoms with Gasteiger partial charge >= 0.3 is 0 Å². The number of hydrogen-bond donors (Lipinski definition) is 2. The number of hydrogen-bond acceptors (Lipinski definition) is 4. The van der Waals surface area contributed by atoms with Gasteiger partial charge in [0.05, 0.1) is 17.2 Å². The Bertz CT molecular complexity index is 520. The third-order valence-electron chi connectivity index (χ3n) is 3.05. The molecule has 94 valence electrons. The van der Waals surface area contributed by atoms with Gasteiger partial charge in [-0.05, 0) is 18.4 Å². The number of nitrogens with one attached hydrogen (secondary N) is 1. The molecule has 3 rings (SSSR count). The first-order chi connectivity index (χ1) is 8.86. The molecule has 0 aliphatic heterocycles. The van der Waals surface area contributed by atoms with Crippen molar-refractivity contribution in [1.82, 2.24) is 10.3 Å². The first kappa shape index (κ1) is 11.8. The van der Waals surface area contributed by atoms with Crippen LogP contribution in [-0.2, 0) is 13.2 Å². The van der Waals surface area contributed by atoms with Crippen LogP contribution in [0.1, 0.15) is 23.5 Å². The lowest BCUT2D eigenvalue weighted by atomic mass is 10.1. The number of thiazole rings is 1. The summed E-state index contributed by atoms with van der Waals surface area (Å²) in [5, 5.41) is 13.5. The summed E-state index contributed by atoms with van der Waals surface area (Å²) in [7, 11) is 0. The van der Waals surface area contributed by atoms with Crippen molar-refractivity contribution < 1.29 is 5.11 Å². The number of aliphatic hydroxyl groups is 1. The minimum Gasteiger partial charge on any atom is -0.389 e. The zero-order valence-electron chi connectivity index (χ0n) is 10.1. The average molecular weight is 260 g/mol. The van der Waals surface area contributed by atoms with Crippen molar-refractivity contribution in [3.8, 4) is 10.4 Å². The maximum absolute atomic E-state index is 9.24. The van der Waals surface area contributed by atoms with Crippen LogP contribution < -0.4 is 5.32 Å². The second kappa shape index (κ2) is 5.18. The summed E-state index contributed by atoms with van der Waals surface area (Å²) in [5.74, 6) is 0. The molecule has 2 N–H and O–H groups in total. The predicted octanol–water partition coefficient (Wildman–Crippen LogP) is 2.55. The fourth-order valence-electron chi connectivity index (χ4n) is 1.93. The minimum absolute atomic E-state index is 0.0218. The van der Waals surface area contributed by atoms with Gasteiger partial charge in [0, 0.05) is 12.6 Å². The summed E-state index contributed by atoms with van der Waals surface area (Å²) in [6.07, 6.45) is 2.55. The van der Waals surface area contributed by atoms with E-state index < -0.39 is 0 Å². The topological polar surface area (TPSA) is 45.2 Å². The highest BCUT2D eigenvalue weighted by atomic mass is 32.1. The summed E-state index contributed by atoms with van der Waals surface area (Å²) in [6.45, 7) is 0.819. The maximum Gasteiger partial charge on any atom is 0.119 e. The summed E-state index contributed by atoms with van der Waals surface area (Å²) in [5.41, 5.74) is 2.24. The molecule has 1 heterocycles. The van der Waals surface area contributed by atoms with Crippen LogP contribution in [0.15, 0.2) is 30.3 Å². The van der Waals surface area contributed by atoms with Crippen LogP contribution in [0.25, 0.3) is 10.4 Å². The minimum atomic E-state index is 0.0218. The smallest absolute Gasteiger partial charge is 0.119 e. The van der Waals surface area contributed by atoms with Crippen molar-refractivity contribution in [2.75, 3.05) is 0 Å². The number of benzene rings is 1. The SMILES string of the molecule is OCc1nc(CNC2CC2)c(-c2ccccc2)s1. The monoisotopic (exact) mass is 260 g/mol. The molecule has 0 atom stereocenters. The van der Waals surface area contributed by atoms with Gasteiger partial charge in [0.1, 0.15) is 5.01 Å². The summed E-state index contributed by atoms with van der Waals surface area (Å²) in [6, 6.07) is 10.9. The fraction of sp³-hybridized carbons (Fsp3) is 0.357. The molecule has 1 aromatic heterocycles. The number of aromatic nitrogens is 1. The summed E-state index contributed by atoms with van der Waals surface area (Å²) < 4.78 is 0. The van der Waals surface area contributed by atoms with Gasteiger partial charge in [-0.15, -0.1) is 11.3 Å². The van der Waals surface area contributed by atoms with E-state index in [4.69, 9.17) is 0 Å². The first-order valence-electron chi connectivity index (χ1n) is 6.25. The highest BCUT2D eigenvalue weighted by Gasteiger charge is 2.21. The highest BCUT2D eigenvalue weighted by Crippen LogP contribution is 2.31. The zero-order valence-corrected chi connectivity index (χ0v) is 10.9. The van der Waals surface area contributed by atoms with Gasteiger partial charge in [0.25, 0.3) is 0 Å². The summed E-state index contributed by atoms with van der Waals surface area (Å²) >= 11 is 1.58. The molecule has 3 nitrogen and oxygen atoms in total. The molecule has 1 aliphatic carbocycles. The van der Waals surface area contributed by atoms with Gasteiger partial charge in [-0.25, -0.2) is 4.98 Å². The Morgan fingerprint density at radius 3 is 2.72 bits per heavy atom. The van der Waals surface area contributed by atoms with Crippen LogP contribution >= 0.6 is 11.3 Å². The van der Waals surface area contributed by atoms with Crippen molar-refractivity contribution in [3.05, 3.63) is 41.0 Å². The second-order valence-electron chi connectivity index (χ2n) is 4.56. The second-order valence-corrected chi connectivity index (χ2v) is 5.65. The number of rotatable bonds is 5. The lowest BCUT2D eigenvalue weighted by molar-refractivity contribution is 0.281. The van der Waals surface area contributed by atoms with E-state index in [-0.39, 0.29) is 6.61 Å². The van der Waals surface area contributed by atoms with Crippen molar-refractivity contribution >= 4 is 11.3 Å². The third-order valence-corrected chi connectivity index (χ3v) is 4.18. The van der Waals surface area contributed by atoms with Gasteiger partial charge in [-0.3, -0.25) is 0 Å². The van der Waals surface area contributed by atoms with Crippen molar-refractivity contribution in [3.63, 3.8) is 0 Å². The Morgan fingerprint density at radius 2 is 2.06 bits per heavy atom. The Hall–Kier alpha value is -1.23. The van der Waals surface area contributed by atoms with Gasteiger partial charge in [0.2, 0.25) is 0 Å². The van der Waals surface area contributed by atoms with E-state index in [1.165, 1.54) is 23.3 Å². The molecule has 0 spiro atoms. The molecule has 18 heavy (non-hydrogen) atoms. The van der Waals surface area contributed by atoms with Crippen molar-refractivity contribution in [2.24, 2.45) is 0 Å². The fourth-order valence-corrected chi connectivity index (χ4v) is 2.88. The molecule has 1 saturated carbocycles. The van der Waals surface area contributed by atoms with E-state index >= 15 is 0 Å². The zero-order chi connectivity index (χ0) is 12.4. The van der Waals surface area contributed by atoms with E-state index in [1.807, 2.05) is 18.2 Å². The first-order valence-corrected chi connectivity index (χ1v) is 7.06. The van der Waals surface area contributed by atoms with Crippen LogP contribution in [-0.4, -0.2) is 16.1 Å². The molecule has 1 aliphatic rings. The van der Waals surface area contributed by atoms with Gasteiger partial charge in [-0.1, -0.05) is 30.3 Å². The molecular weight excluding hydrogens is 244 g/mol. The van der Waals surface area contributed by atoms with Gasteiger partial charge in [-0.2, -0.15) is 0 Å². The predicted molar refractivity (Wildman–Crippen MR) is 73.3 cm³/mol.